The highest BCUT2D eigenvalue weighted by Gasteiger charge is 2.15. The molecular formula is C14H20O3. The first-order chi connectivity index (χ1) is 8.19. The van der Waals surface area contributed by atoms with Gasteiger partial charge in [0.25, 0.3) is 0 Å². The van der Waals surface area contributed by atoms with Crippen LogP contribution in [0.4, 0.5) is 0 Å². The predicted octanol–water partition coefficient (Wildman–Crippen LogP) is 2.94. The van der Waals surface area contributed by atoms with E-state index in [0.29, 0.717) is 30.9 Å². The number of ether oxygens (including phenoxy) is 2. The molecule has 0 spiro atoms. The van der Waals surface area contributed by atoms with Gasteiger partial charge in [0.15, 0.2) is 5.78 Å². The van der Waals surface area contributed by atoms with Gasteiger partial charge < -0.3 is 9.47 Å². The lowest BCUT2D eigenvalue weighted by molar-refractivity contribution is 0.0916. The van der Waals surface area contributed by atoms with E-state index in [-0.39, 0.29) is 11.7 Å². The molecule has 3 heteroatoms. The summed E-state index contributed by atoms with van der Waals surface area (Å²) in [4.78, 5) is 12.1. The number of ketones is 1. The van der Waals surface area contributed by atoms with Crippen molar-refractivity contribution in [2.45, 2.75) is 20.3 Å². The van der Waals surface area contributed by atoms with E-state index in [1.807, 2.05) is 38.1 Å². The summed E-state index contributed by atoms with van der Waals surface area (Å²) in [5.41, 5.74) is 0.664. The number of carbonyl (C=O) groups excluding carboxylic acids is 1. The first kappa shape index (κ1) is 13.7. The zero-order chi connectivity index (χ0) is 12.7. The van der Waals surface area contributed by atoms with Crippen LogP contribution in [0.2, 0.25) is 0 Å². The molecule has 0 bridgehead atoms. The highest BCUT2D eigenvalue weighted by atomic mass is 16.5. The van der Waals surface area contributed by atoms with Crippen molar-refractivity contribution < 1.29 is 14.3 Å². The SMILES string of the molecule is CCOc1ccccc1C(=O)CC(C)COC. The van der Waals surface area contributed by atoms with Gasteiger partial charge in [-0.05, 0) is 25.0 Å². The van der Waals surface area contributed by atoms with Crippen molar-refractivity contribution in [1.82, 2.24) is 0 Å². The number of Topliss-reactive ketones (excluding diaryl/α,β-unsaturated/α-hetero) is 1. The van der Waals surface area contributed by atoms with Gasteiger partial charge in [0.05, 0.1) is 12.2 Å². The van der Waals surface area contributed by atoms with Crippen molar-refractivity contribution in [2.24, 2.45) is 5.92 Å². The molecule has 0 N–H and O–H groups in total. The third-order valence-electron chi connectivity index (χ3n) is 2.47. The van der Waals surface area contributed by atoms with Crippen LogP contribution in [0, 0.1) is 5.92 Å². The molecule has 1 aromatic rings. The van der Waals surface area contributed by atoms with E-state index in [4.69, 9.17) is 9.47 Å². The highest BCUT2D eigenvalue weighted by Crippen LogP contribution is 2.21. The lowest BCUT2D eigenvalue weighted by atomic mass is 10.00. The van der Waals surface area contributed by atoms with Gasteiger partial charge in [0.2, 0.25) is 0 Å². The fraction of sp³-hybridized carbons (Fsp3) is 0.500. The second-order valence-corrected chi connectivity index (χ2v) is 4.12. The first-order valence-electron chi connectivity index (χ1n) is 5.93. The van der Waals surface area contributed by atoms with Gasteiger partial charge in [-0.25, -0.2) is 0 Å². The van der Waals surface area contributed by atoms with Crippen molar-refractivity contribution >= 4 is 5.78 Å². The smallest absolute Gasteiger partial charge is 0.166 e. The van der Waals surface area contributed by atoms with Gasteiger partial charge in [-0.2, -0.15) is 0 Å². The summed E-state index contributed by atoms with van der Waals surface area (Å²) in [7, 11) is 1.65. The Labute approximate surface area is 103 Å². The second kappa shape index (κ2) is 7.07. The molecule has 0 fully saturated rings. The lowest BCUT2D eigenvalue weighted by Crippen LogP contribution is -2.12. The molecule has 1 atom stereocenters. The Morgan fingerprint density at radius 1 is 1.35 bits per heavy atom. The topological polar surface area (TPSA) is 35.5 Å². The molecule has 0 heterocycles. The molecule has 0 aromatic heterocycles. The summed E-state index contributed by atoms with van der Waals surface area (Å²) in [5.74, 6) is 1.00. The molecule has 1 unspecified atom stereocenters. The van der Waals surface area contributed by atoms with E-state index in [2.05, 4.69) is 0 Å². The molecule has 1 rings (SSSR count). The summed E-state index contributed by atoms with van der Waals surface area (Å²) in [6.45, 7) is 5.08. The number of hydrogen-bond acceptors (Lipinski definition) is 3. The molecular weight excluding hydrogens is 216 g/mol. The van der Waals surface area contributed by atoms with Crippen molar-refractivity contribution in [3.63, 3.8) is 0 Å². The van der Waals surface area contributed by atoms with Crippen molar-refractivity contribution in [3.8, 4) is 5.75 Å². The van der Waals surface area contributed by atoms with E-state index in [1.165, 1.54) is 0 Å². The number of carbonyl (C=O) groups is 1. The van der Waals surface area contributed by atoms with Gasteiger partial charge in [-0.15, -0.1) is 0 Å². The number of benzene rings is 1. The summed E-state index contributed by atoms with van der Waals surface area (Å²) in [6, 6.07) is 7.38. The van der Waals surface area contributed by atoms with Gasteiger partial charge in [-0.3, -0.25) is 4.79 Å². The van der Waals surface area contributed by atoms with Crippen LogP contribution in [-0.2, 0) is 4.74 Å². The van der Waals surface area contributed by atoms with E-state index >= 15 is 0 Å². The van der Waals surface area contributed by atoms with Crippen LogP contribution in [0.15, 0.2) is 24.3 Å². The first-order valence-corrected chi connectivity index (χ1v) is 5.93. The maximum atomic E-state index is 12.1. The van der Waals surface area contributed by atoms with Crippen molar-refractivity contribution in [3.05, 3.63) is 29.8 Å². The van der Waals surface area contributed by atoms with Crippen LogP contribution in [-0.4, -0.2) is 26.1 Å². The quantitative estimate of drug-likeness (QED) is 0.683. The molecule has 0 saturated carbocycles. The average Bonchev–Trinajstić information content (AvgIpc) is 2.30. The third-order valence-corrected chi connectivity index (χ3v) is 2.47. The largest absolute Gasteiger partial charge is 0.493 e. The maximum absolute atomic E-state index is 12.1. The minimum Gasteiger partial charge on any atom is -0.493 e. The van der Waals surface area contributed by atoms with Crippen LogP contribution in [0.1, 0.15) is 30.6 Å². The number of methoxy groups -OCH3 is 1. The Kier molecular flexibility index (Phi) is 5.70. The van der Waals surface area contributed by atoms with Crippen LogP contribution in [0.5, 0.6) is 5.75 Å². The molecule has 0 aliphatic carbocycles. The predicted molar refractivity (Wildman–Crippen MR) is 67.6 cm³/mol. The summed E-state index contributed by atoms with van der Waals surface area (Å²) >= 11 is 0. The Bertz CT molecular complexity index is 360. The Balaban J connectivity index is 2.74. The third kappa shape index (κ3) is 4.19. The summed E-state index contributed by atoms with van der Waals surface area (Å²) in [5, 5.41) is 0. The number of hydrogen-bond donors (Lipinski definition) is 0. The molecule has 0 radical (unpaired) electrons. The number of rotatable bonds is 7. The maximum Gasteiger partial charge on any atom is 0.166 e. The van der Waals surface area contributed by atoms with Gasteiger partial charge >= 0.3 is 0 Å². The zero-order valence-corrected chi connectivity index (χ0v) is 10.7. The fourth-order valence-corrected chi connectivity index (χ4v) is 1.75. The standard InChI is InChI=1S/C14H20O3/c1-4-17-14-8-6-5-7-12(14)13(15)9-11(2)10-16-3/h5-8,11H,4,9-10H2,1-3H3. The van der Waals surface area contributed by atoms with Crippen molar-refractivity contribution in [2.75, 3.05) is 20.3 Å². The van der Waals surface area contributed by atoms with E-state index in [0.717, 1.165) is 0 Å². The molecule has 0 saturated heterocycles. The Hall–Kier alpha value is -1.35. The average molecular weight is 236 g/mol. The van der Waals surface area contributed by atoms with Gasteiger partial charge in [-0.1, -0.05) is 19.1 Å². The van der Waals surface area contributed by atoms with Crippen LogP contribution in [0.3, 0.4) is 0 Å². The highest BCUT2D eigenvalue weighted by molar-refractivity contribution is 5.98. The second-order valence-electron chi connectivity index (χ2n) is 4.12. The molecule has 17 heavy (non-hydrogen) atoms. The minimum atomic E-state index is 0.110. The van der Waals surface area contributed by atoms with Crippen LogP contribution < -0.4 is 4.74 Å². The Morgan fingerprint density at radius 3 is 2.71 bits per heavy atom. The molecule has 0 amide bonds. The van der Waals surface area contributed by atoms with Gasteiger partial charge in [0.1, 0.15) is 5.75 Å². The van der Waals surface area contributed by atoms with Crippen LogP contribution in [0.25, 0.3) is 0 Å². The molecule has 3 nitrogen and oxygen atoms in total. The van der Waals surface area contributed by atoms with Crippen molar-refractivity contribution in [1.29, 1.82) is 0 Å². The Morgan fingerprint density at radius 2 is 2.06 bits per heavy atom. The van der Waals surface area contributed by atoms with Crippen LogP contribution >= 0.6 is 0 Å². The normalized spacial score (nSPS) is 12.2. The number of para-hydroxylation sites is 1. The molecule has 1 aromatic carbocycles. The lowest BCUT2D eigenvalue weighted by Gasteiger charge is -2.12. The summed E-state index contributed by atoms with van der Waals surface area (Å²) < 4.78 is 10.5. The minimum absolute atomic E-state index is 0.110. The molecule has 0 aliphatic rings. The zero-order valence-electron chi connectivity index (χ0n) is 10.7. The molecule has 0 aliphatic heterocycles. The fourth-order valence-electron chi connectivity index (χ4n) is 1.75. The monoisotopic (exact) mass is 236 g/mol. The van der Waals surface area contributed by atoms with E-state index in [1.54, 1.807) is 7.11 Å². The summed E-state index contributed by atoms with van der Waals surface area (Å²) in [6.07, 6.45) is 0.484. The molecule has 94 valence electrons. The van der Waals surface area contributed by atoms with Gasteiger partial charge in [0, 0.05) is 20.1 Å². The van der Waals surface area contributed by atoms with E-state index in [9.17, 15) is 4.79 Å². The van der Waals surface area contributed by atoms with E-state index < -0.39 is 0 Å².